The molecular formula is C16H19FN2O2. The summed E-state index contributed by atoms with van der Waals surface area (Å²) in [4.78, 5) is 25.5. The van der Waals surface area contributed by atoms with Crippen LogP contribution >= 0.6 is 0 Å². The molecule has 0 radical (unpaired) electrons. The minimum absolute atomic E-state index is 0.0522. The molecule has 1 N–H and O–H groups in total. The van der Waals surface area contributed by atoms with Gasteiger partial charge in [0.05, 0.1) is 12.5 Å². The lowest BCUT2D eigenvalue weighted by molar-refractivity contribution is -0.139. The molecular weight excluding hydrogens is 271 g/mol. The first-order chi connectivity index (χ1) is 10.0. The van der Waals surface area contributed by atoms with E-state index in [0.717, 1.165) is 18.4 Å². The molecule has 2 amide bonds. The van der Waals surface area contributed by atoms with Gasteiger partial charge in [0.25, 0.3) is 0 Å². The molecule has 1 aromatic rings. The van der Waals surface area contributed by atoms with Crippen LogP contribution in [0.1, 0.15) is 31.7 Å². The van der Waals surface area contributed by atoms with Crippen molar-refractivity contribution in [1.82, 2.24) is 10.2 Å². The molecule has 1 aromatic carbocycles. The van der Waals surface area contributed by atoms with Gasteiger partial charge in [0.1, 0.15) is 5.82 Å². The van der Waals surface area contributed by atoms with Gasteiger partial charge in [-0.1, -0.05) is 12.1 Å². The quantitative estimate of drug-likeness (QED) is 0.839. The zero-order chi connectivity index (χ0) is 15.0. The number of likely N-dealkylation sites (tertiary alicyclic amines) is 1. The van der Waals surface area contributed by atoms with Crippen molar-refractivity contribution in [3.8, 4) is 0 Å². The highest BCUT2D eigenvalue weighted by Crippen LogP contribution is 2.31. The van der Waals surface area contributed by atoms with Crippen LogP contribution in [0.4, 0.5) is 4.39 Å². The molecule has 112 valence electrons. The maximum Gasteiger partial charge on any atom is 0.247 e. The summed E-state index contributed by atoms with van der Waals surface area (Å²) >= 11 is 0. The first-order valence-electron chi connectivity index (χ1n) is 7.41. The van der Waals surface area contributed by atoms with E-state index in [9.17, 15) is 14.0 Å². The summed E-state index contributed by atoms with van der Waals surface area (Å²) in [5, 5.41) is 3.23. The Labute approximate surface area is 123 Å². The van der Waals surface area contributed by atoms with Gasteiger partial charge in [0.15, 0.2) is 0 Å². The predicted octanol–water partition coefficient (Wildman–Crippen LogP) is 1.64. The Morgan fingerprint density at radius 1 is 1.29 bits per heavy atom. The standard InChI is InChI=1S/C16H19FN2O2/c1-10(8-11-2-4-12(17)5-3-11)18-14-9-15(20)19(16(14)21)13-6-7-13/h2-5,10,13-14,18H,6-9H2,1H3. The van der Waals surface area contributed by atoms with Crippen molar-refractivity contribution in [3.05, 3.63) is 35.6 Å². The van der Waals surface area contributed by atoms with E-state index in [0.29, 0.717) is 6.42 Å². The van der Waals surface area contributed by atoms with Crippen molar-refractivity contribution < 1.29 is 14.0 Å². The third kappa shape index (κ3) is 3.13. The molecule has 3 rings (SSSR count). The Kier molecular flexibility index (Phi) is 3.76. The van der Waals surface area contributed by atoms with E-state index in [1.165, 1.54) is 17.0 Å². The summed E-state index contributed by atoms with van der Waals surface area (Å²) in [7, 11) is 0. The van der Waals surface area contributed by atoms with E-state index in [-0.39, 0.29) is 36.1 Å². The molecule has 21 heavy (non-hydrogen) atoms. The smallest absolute Gasteiger partial charge is 0.247 e. The van der Waals surface area contributed by atoms with Crippen LogP contribution in [0.25, 0.3) is 0 Å². The van der Waals surface area contributed by atoms with Crippen LogP contribution < -0.4 is 5.32 Å². The van der Waals surface area contributed by atoms with Gasteiger partial charge in [0, 0.05) is 12.1 Å². The number of nitrogens with zero attached hydrogens (tertiary/aromatic N) is 1. The molecule has 2 unspecified atom stereocenters. The van der Waals surface area contributed by atoms with E-state index >= 15 is 0 Å². The molecule has 0 aromatic heterocycles. The summed E-state index contributed by atoms with van der Waals surface area (Å²) in [5.41, 5.74) is 1.01. The van der Waals surface area contributed by atoms with Crippen molar-refractivity contribution in [2.24, 2.45) is 0 Å². The van der Waals surface area contributed by atoms with Gasteiger partial charge in [-0.05, 0) is 43.9 Å². The SMILES string of the molecule is CC(Cc1ccc(F)cc1)NC1CC(=O)N(C2CC2)C1=O. The number of benzene rings is 1. The summed E-state index contributed by atoms with van der Waals surface area (Å²) in [6, 6.07) is 6.13. The van der Waals surface area contributed by atoms with Gasteiger partial charge in [0.2, 0.25) is 11.8 Å². The maximum absolute atomic E-state index is 12.9. The summed E-state index contributed by atoms with van der Waals surface area (Å²) < 4.78 is 12.9. The van der Waals surface area contributed by atoms with Crippen LogP contribution in [0, 0.1) is 5.82 Å². The second kappa shape index (κ2) is 5.56. The molecule has 2 fully saturated rings. The number of nitrogens with one attached hydrogen (secondary N) is 1. The third-order valence-corrected chi connectivity index (χ3v) is 4.04. The van der Waals surface area contributed by atoms with Gasteiger partial charge in [-0.3, -0.25) is 14.5 Å². The average molecular weight is 290 g/mol. The van der Waals surface area contributed by atoms with Crippen LogP contribution in [0.5, 0.6) is 0 Å². The lowest BCUT2D eigenvalue weighted by Crippen LogP contribution is -2.44. The largest absolute Gasteiger partial charge is 0.303 e. The second-order valence-corrected chi connectivity index (χ2v) is 5.99. The normalized spacial score (nSPS) is 23.7. The van der Waals surface area contributed by atoms with Crippen molar-refractivity contribution in [1.29, 1.82) is 0 Å². The second-order valence-electron chi connectivity index (χ2n) is 5.99. The third-order valence-electron chi connectivity index (χ3n) is 4.04. The molecule has 0 spiro atoms. The minimum Gasteiger partial charge on any atom is -0.303 e. The van der Waals surface area contributed by atoms with Gasteiger partial charge >= 0.3 is 0 Å². The topological polar surface area (TPSA) is 49.4 Å². The molecule has 4 nitrogen and oxygen atoms in total. The highest BCUT2D eigenvalue weighted by molar-refractivity contribution is 6.06. The maximum atomic E-state index is 12.9. The first kappa shape index (κ1) is 14.2. The fourth-order valence-corrected chi connectivity index (χ4v) is 2.87. The number of halogens is 1. The monoisotopic (exact) mass is 290 g/mol. The Hall–Kier alpha value is -1.75. The van der Waals surface area contributed by atoms with Gasteiger partial charge in [-0.25, -0.2) is 4.39 Å². The average Bonchev–Trinajstić information content (AvgIpc) is 3.21. The highest BCUT2D eigenvalue weighted by Gasteiger charge is 2.46. The minimum atomic E-state index is -0.409. The number of carbonyl (C=O) groups excluding carboxylic acids is 2. The molecule has 1 saturated heterocycles. The molecule has 0 bridgehead atoms. The van der Waals surface area contributed by atoms with Crippen LogP contribution in [0.2, 0.25) is 0 Å². The number of hydrogen-bond acceptors (Lipinski definition) is 3. The Bertz CT molecular complexity index is 554. The van der Waals surface area contributed by atoms with E-state index in [1.807, 2.05) is 6.92 Å². The van der Waals surface area contributed by atoms with E-state index in [4.69, 9.17) is 0 Å². The van der Waals surface area contributed by atoms with E-state index in [2.05, 4.69) is 5.32 Å². The van der Waals surface area contributed by atoms with Crippen molar-refractivity contribution in [2.75, 3.05) is 0 Å². The van der Waals surface area contributed by atoms with Gasteiger partial charge < -0.3 is 5.32 Å². The molecule has 1 aliphatic carbocycles. The zero-order valence-corrected chi connectivity index (χ0v) is 12.0. The van der Waals surface area contributed by atoms with Crippen LogP contribution in [0.15, 0.2) is 24.3 Å². The zero-order valence-electron chi connectivity index (χ0n) is 12.0. The Morgan fingerprint density at radius 3 is 2.57 bits per heavy atom. The lowest BCUT2D eigenvalue weighted by Gasteiger charge is -2.19. The fourth-order valence-electron chi connectivity index (χ4n) is 2.87. The lowest BCUT2D eigenvalue weighted by atomic mass is 10.1. The number of amides is 2. The molecule has 1 aliphatic heterocycles. The number of hydrogen-bond donors (Lipinski definition) is 1. The summed E-state index contributed by atoms with van der Waals surface area (Å²) in [6.07, 6.45) is 2.83. The van der Waals surface area contributed by atoms with Gasteiger partial charge in [-0.2, -0.15) is 0 Å². The molecule has 2 aliphatic rings. The van der Waals surface area contributed by atoms with Crippen LogP contribution in [-0.4, -0.2) is 34.8 Å². The van der Waals surface area contributed by atoms with E-state index < -0.39 is 6.04 Å². The summed E-state index contributed by atoms with van der Waals surface area (Å²) in [6.45, 7) is 1.97. The molecule has 5 heteroatoms. The first-order valence-corrected chi connectivity index (χ1v) is 7.41. The molecule has 2 atom stereocenters. The number of imide groups is 1. The van der Waals surface area contributed by atoms with Crippen molar-refractivity contribution in [2.45, 2.75) is 50.7 Å². The predicted molar refractivity (Wildman–Crippen MR) is 76.0 cm³/mol. The number of carbonyl (C=O) groups is 2. The highest BCUT2D eigenvalue weighted by atomic mass is 19.1. The number of rotatable bonds is 5. The van der Waals surface area contributed by atoms with Crippen molar-refractivity contribution in [3.63, 3.8) is 0 Å². The molecule has 1 heterocycles. The van der Waals surface area contributed by atoms with Crippen molar-refractivity contribution >= 4 is 11.8 Å². The van der Waals surface area contributed by atoms with Gasteiger partial charge in [-0.15, -0.1) is 0 Å². The van der Waals surface area contributed by atoms with Crippen LogP contribution in [0.3, 0.4) is 0 Å². The van der Waals surface area contributed by atoms with Crippen LogP contribution in [-0.2, 0) is 16.0 Å². The fraction of sp³-hybridized carbons (Fsp3) is 0.500. The Morgan fingerprint density at radius 2 is 1.95 bits per heavy atom. The Balaban J connectivity index is 1.57. The summed E-state index contributed by atoms with van der Waals surface area (Å²) in [5.74, 6) is -0.404. The van der Waals surface area contributed by atoms with E-state index in [1.54, 1.807) is 12.1 Å². The molecule has 1 saturated carbocycles.